The van der Waals surface area contributed by atoms with Gasteiger partial charge in [0.05, 0.1) is 18.2 Å². The molecule has 1 saturated heterocycles. The van der Waals surface area contributed by atoms with Gasteiger partial charge in [-0.15, -0.1) is 10.2 Å². The molecule has 3 aromatic carbocycles. The van der Waals surface area contributed by atoms with Gasteiger partial charge in [-0.1, -0.05) is 48.5 Å². The van der Waals surface area contributed by atoms with Crippen molar-refractivity contribution in [2.24, 2.45) is 0 Å². The summed E-state index contributed by atoms with van der Waals surface area (Å²) in [5, 5.41) is 9.66. The Bertz CT molecular complexity index is 1230. The van der Waals surface area contributed by atoms with Crippen molar-refractivity contribution in [3.63, 3.8) is 0 Å². The van der Waals surface area contributed by atoms with Crippen LogP contribution in [0.1, 0.15) is 10.4 Å². The normalized spacial score (nSPS) is 13.9. The Morgan fingerprint density at radius 3 is 2.22 bits per heavy atom. The number of methoxy groups -OCH3 is 1. The minimum absolute atomic E-state index is 0.00401. The summed E-state index contributed by atoms with van der Waals surface area (Å²) in [6.45, 7) is 2.84. The molecule has 4 aromatic rings. The summed E-state index contributed by atoms with van der Waals surface area (Å²) >= 11 is 0. The van der Waals surface area contributed by atoms with E-state index < -0.39 is 0 Å². The topological polar surface area (TPSA) is 58.6 Å². The van der Waals surface area contributed by atoms with E-state index in [-0.39, 0.29) is 5.91 Å². The number of amides is 1. The highest BCUT2D eigenvalue weighted by atomic mass is 16.5. The zero-order valence-electron chi connectivity index (χ0n) is 17.9. The fraction of sp³-hybridized carbons (Fsp3) is 0.192. The molecule has 1 fully saturated rings. The molecule has 0 N–H and O–H groups in total. The van der Waals surface area contributed by atoms with Gasteiger partial charge in [0.25, 0.3) is 5.91 Å². The van der Waals surface area contributed by atoms with Crippen LogP contribution >= 0.6 is 0 Å². The molecule has 0 atom stereocenters. The number of benzene rings is 3. The molecule has 1 aromatic heterocycles. The van der Waals surface area contributed by atoms with Crippen molar-refractivity contribution in [3.05, 3.63) is 84.4 Å². The van der Waals surface area contributed by atoms with E-state index in [9.17, 15) is 4.79 Å². The van der Waals surface area contributed by atoms with Gasteiger partial charge in [-0.3, -0.25) is 4.79 Å². The van der Waals surface area contributed by atoms with Crippen molar-refractivity contribution >= 4 is 22.5 Å². The molecule has 32 heavy (non-hydrogen) atoms. The van der Waals surface area contributed by atoms with Crippen molar-refractivity contribution in [3.8, 4) is 17.0 Å². The molecule has 2 heterocycles. The van der Waals surface area contributed by atoms with Crippen molar-refractivity contribution in [2.75, 3.05) is 38.2 Å². The molecule has 0 radical (unpaired) electrons. The number of hydrogen-bond acceptors (Lipinski definition) is 5. The van der Waals surface area contributed by atoms with Crippen LogP contribution in [0.2, 0.25) is 0 Å². The van der Waals surface area contributed by atoms with Crippen molar-refractivity contribution in [1.29, 1.82) is 0 Å². The van der Waals surface area contributed by atoms with E-state index in [1.54, 1.807) is 7.11 Å². The van der Waals surface area contributed by atoms with Crippen LogP contribution in [0.15, 0.2) is 78.9 Å². The van der Waals surface area contributed by atoms with Crippen LogP contribution in [0, 0.1) is 0 Å². The van der Waals surface area contributed by atoms with Crippen LogP contribution in [-0.2, 0) is 0 Å². The zero-order chi connectivity index (χ0) is 21.9. The second kappa shape index (κ2) is 8.67. The number of nitrogens with zero attached hydrogens (tertiary/aromatic N) is 4. The lowest BCUT2D eigenvalue weighted by molar-refractivity contribution is 0.0749. The predicted molar refractivity (Wildman–Crippen MR) is 126 cm³/mol. The maximum absolute atomic E-state index is 13.8. The van der Waals surface area contributed by atoms with Gasteiger partial charge in [-0.25, -0.2) is 0 Å². The van der Waals surface area contributed by atoms with Gasteiger partial charge in [-0.05, 0) is 30.3 Å². The summed E-state index contributed by atoms with van der Waals surface area (Å²) in [4.78, 5) is 18.0. The van der Waals surface area contributed by atoms with E-state index >= 15 is 0 Å². The summed E-state index contributed by atoms with van der Waals surface area (Å²) in [6.07, 6.45) is 0. The number of hydrogen-bond donors (Lipinski definition) is 0. The van der Waals surface area contributed by atoms with Crippen LogP contribution in [0.25, 0.3) is 22.2 Å². The molecule has 0 unspecified atom stereocenters. The number of fused-ring (bicyclic) bond motifs is 1. The van der Waals surface area contributed by atoms with Gasteiger partial charge in [0, 0.05) is 42.8 Å². The van der Waals surface area contributed by atoms with E-state index in [2.05, 4.69) is 27.2 Å². The maximum atomic E-state index is 13.8. The average molecular weight is 425 g/mol. The smallest absolute Gasteiger partial charge is 0.256 e. The van der Waals surface area contributed by atoms with Gasteiger partial charge >= 0.3 is 0 Å². The van der Waals surface area contributed by atoms with Crippen LogP contribution < -0.4 is 9.64 Å². The maximum Gasteiger partial charge on any atom is 0.256 e. The Kier molecular flexibility index (Phi) is 5.42. The fourth-order valence-corrected chi connectivity index (χ4v) is 4.19. The first-order valence-corrected chi connectivity index (χ1v) is 10.7. The first-order chi connectivity index (χ1) is 15.7. The van der Waals surface area contributed by atoms with E-state index in [0.29, 0.717) is 24.3 Å². The molecule has 6 heteroatoms. The summed E-state index contributed by atoms with van der Waals surface area (Å²) in [7, 11) is 1.67. The Hall–Kier alpha value is -3.93. The molecular formula is C26H24N4O2. The van der Waals surface area contributed by atoms with Crippen LogP contribution in [0.3, 0.4) is 0 Å². The third kappa shape index (κ3) is 3.75. The van der Waals surface area contributed by atoms with Crippen LogP contribution in [-0.4, -0.2) is 54.3 Å². The van der Waals surface area contributed by atoms with Crippen LogP contribution in [0.4, 0.5) is 5.69 Å². The Balaban J connectivity index is 1.44. The van der Waals surface area contributed by atoms with Crippen molar-refractivity contribution < 1.29 is 9.53 Å². The van der Waals surface area contributed by atoms with E-state index in [1.807, 2.05) is 71.6 Å². The molecule has 1 aliphatic rings. The molecule has 0 spiro atoms. The second-order valence-corrected chi connectivity index (χ2v) is 7.78. The number of carbonyl (C=O) groups is 1. The zero-order valence-corrected chi connectivity index (χ0v) is 17.9. The van der Waals surface area contributed by atoms with Gasteiger partial charge in [0.15, 0.2) is 0 Å². The van der Waals surface area contributed by atoms with E-state index in [4.69, 9.17) is 4.74 Å². The minimum Gasteiger partial charge on any atom is -0.497 e. The molecule has 160 valence electrons. The standard InChI is InChI=1S/C26H24N4O2/c1-32-21-13-11-20(12-14-21)29-15-17-30(18-16-29)26(31)24-22-9-5-6-10-23(22)27-28-25(24)19-7-3-2-4-8-19/h2-14H,15-18H2,1H3. The van der Waals surface area contributed by atoms with Gasteiger partial charge in [0.2, 0.25) is 0 Å². The highest BCUT2D eigenvalue weighted by Crippen LogP contribution is 2.29. The molecule has 5 rings (SSSR count). The fourth-order valence-electron chi connectivity index (χ4n) is 4.19. The van der Waals surface area contributed by atoms with Gasteiger partial charge < -0.3 is 14.5 Å². The lowest BCUT2D eigenvalue weighted by atomic mass is 10.0. The molecule has 0 aliphatic carbocycles. The summed E-state index contributed by atoms with van der Waals surface area (Å²) in [5.74, 6) is 0.845. The quantitative estimate of drug-likeness (QED) is 0.490. The number of ether oxygens (including phenoxy) is 1. The molecule has 6 nitrogen and oxygen atoms in total. The average Bonchev–Trinajstić information content (AvgIpc) is 2.88. The van der Waals surface area contributed by atoms with Gasteiger partial charge in [-0.2, -0.15) is 0 Å². The number of aromatic nitrogens is 2. The molecule has 0 saturated carbocycles. The molecule has 1 amide bonds. The number of anilines is 1. The first kappa shape index (κ1) is 20.0. The SMILES string of the molecule is COc1ccc(N2CCN(C(=O)c3c(-c4ccccc4)nnc4ccccc34)CC2)cc1. The third-order valence-corrected chi connectivity index (χ3v) is 5.93. The largest absolute Gasteiger partial charge is 0.497 e. The highest BCUT2D eigenvalue weighted by molar-refractivity contribution is 6.10. The summed E-state index contributed by atoms with van der Waals surface area (Å²) in [6, 6.07) is 25.6. The van der Waals surface area contributed by atoms with Crippen molar-refractivity contribution in [1.82, 2.24) is 15.1 Å². The Morgan fingerprint density at radius 1 is 0.812 bits per heavy atom. The number of rotatable bonds is 4. The Morgan fingerprint density at radius 2 is 1.50 bits per heavy atom. The molecule has 1 aliphatic heterocycles. The van der Waals surface area contributed by atoms with Crippen LogP contribution in [0.5, 0.6) is 5.75 Å². The van der Waals surface area contributed by atoms with E-state index in [1.165, 1.54) is 0 Å². The second-order valence-electron chi connectivity index (χ2n) is 7.78. The lowest BCUT2D eigenvalue weighted by Crippen LogP contribution is -2.49. The lowest BCUT2D eigenvalue weighted by Gasteiger charge is -2.36. The predicted octanol–water partition coefficient (Wildman–Crippen LogP) is 4.27. The van der Waals surface area contributed by atoms with E-state index in [0.717, 1.165) is 41.0 Å². The molecular weight excluding hydrogens is 400 g/mol. The Labute approximate surface area is 187 Å². The summed E-state index contributed by atoms with van der Waals surface area (Å²) < 4.78 is 5.25. The minimum atomic E-state index is 0.00401. The molecule has 0 bridgehead atoms. The number of piperazine rings is 1. The van der Waals surface area contributed by atoms with Crippen molar-refractivity contribution in [2.45, 2.75) is 0 Å². The highest BCUT2D eigenvalue weighted by Gasteiger charge is 2.27. The summed E-state index contributed by atoms with van der Waals surface area (Å²) in [5.41, 5.74) is 4.02. The number of carbonyl (C=O) groups excluding carboxylic acids is 1. The monoisotopic (exact) mass is 424 g/mol. The van der Waals surface area contributed by atoms with Gasteiger partial charge in [0.1, 0.15) is 11.4 Å². The third-order valence-electron chi connectivity index (χ3n) is 5.93. The first-order valence-electron chi connectivity index (χ1n) is 10.7.